The van der Waals surface area contributed by atoms with Crippen LogP contribution >= 0.6 is 0 Å². The molecule has 0 aromatic carbocycles. The van der Waals surface area contributed by atoms with Gasteiger partial charge in [-0.05, 0) is 20.8 Å². The van der Waals surface area contributed by atoms with Gasteiger partial charge in [-0.2, -0.15) is 0 Å². The SMILES string of the molecule is CC.CCN(CC)C(=O)Cc1cnc(C)[nH]c1=O. The summed E-state index contributed by atoms with van der Waals surface area (Å²) in [5.41, 5.74) is 0.190. The number of amides is 1. The molecule has 0 saturated carbocycles. The van der Waals surface area contributed by atoms with Crippen molar-refractivity contribution in [3.05, 3.63) is 27.9 Å². The van der Waals surface area contributed by atoms with E-state index in [9.17, 15) is 9.59 Å². The highest BCUT2D eigenvalue weighted by Gasteiger charge is 2.12. The third-order valence-corrected chi connectivity index (χ3v) is 2.46. The highest BCUT2D eigenvalue weighted by Crippen LogP contribution is 1.97. The zero-order chi connectivity index (χ0) is 14.1. The Morgan fingerprint density at radius 3 is 2.33 bits per heavy atom. The standard InChI is InChI=1S/C11H17N3O2.C2H6/c1-4-14(5-2)10(15)6-9-7-12-8(3)13-11(9)16;1-2/h7H,4-6H2,1-3H3,(H,12,13,16);1-2H3. The van der Waals surface area contributed by atoms with E-state index >= 15 is 0 Å². The fraction of sp³-hybridized carbons (Fsp3) is 0.615. The van der Waals surface area contributed by atoms with Crippen molar-refractivity contribution in [3.63, 3.8) is 0 Å². The van der Waals surface area contributed by atoms with E-state index in [1.165, 1.54) is 6.20 Å². The largest absolute Gasteiger partial charge is 0.343 e. The first-order valence-corrected chi connectivity index (χ1v) is 6.41. The Morgan fingerprint density at radius 1 is 1.33 bits per heavy atom. The Hall–Kier alpha value is -1.65. The Labute approximate surface area is 108 Å². The zero-order valence-corrected chi connectivity index (χ0v) is 11.9. The molecule has 0 aliphatic heterocycles. The first-order chi connectivity index (χ1) is 8.58. The summed E-state index contributed by atoms with van der Waals surface area (Å²) in [4.78, 5) is 31.5. The third kappa shape index (κ3) is 4.69. The van der Waals surface area contributed by atoms with Crippen molar-refractivity contribution in [1.82, 2.24) is 14.9 Å². The van der Waals surface area contributed by atoms with Gasteiger partial charge in [0.15, 0.2) is 0 Å². The second-order valence-corrected chi connectivity index (χ2v) is 3.57. The lowest BCUT2D eigenvalue weighted by Crippen LogP contribution is -2.33. The highest BCUT2D eigenvalue weighted by molar-refractivity contribution is 5.78. The Balaban J connectivity index is 0.00000137. The van der Waals surface area contributed by atoms with Crippen molar-refractivity contribution in [2.45, 2.75) is 41.0 Å². The van der Waals surface area contributed by atoms with E-state index in [2.05, 4.69) is 9.97 Å². The number of nitrogens with zero attached hydrogens (tertiary/aromatic N) is 2. The summed E-state index contributed by atoms with van der Waals surface area (Å²) in [7, 11) is 0. The number of likely N-dealkylation sites (N-methyl/N-ethyl adjacent to an activating group) is 1. The van der Waals surface area contributed by atoms with Gasteiger partial charge in [0, 0.05) is 24.8 Å². The maximum Gasteiger partial charge on any atom is 0.254 e. The average Bonchev–Trinajstić information content (AvgIpc) is 2.37. The molecule has 0 aliphatic rings. The number of carbonyl (C=O) groups is 1. The molecule has 1 aromatic heterocycles. The van der Waals surface area contributed by atoms with Gasteiger partial charge in [-0.1, -0.05) is 13.8 Å². The lowest BCUT2D eigenvalue weighted by atomic mass is 10.2. The van der Waals surface area contributed by atoms with Gasteiger partial charge in [-0.15, -0.1) is 0 Å². The Kier molecular flexibility index (Phi) is 7.67. The van der Waals surface area contributed by atoms with E-state index < -0.39 is 0 Å². The second kappa shape index (κ2) is 8.44. The van der Waals surface area contributed by atoms with Gasteiger partial charge in [0.05, 0.1) is 6.42 Å². The van der Waals surface area contributed by atoms with Gasteiger partial charge in [-0.3, -0.25) is 9.59 Å². The average molecular weight is 253 g/mol. The van der Waals surface area contributed by atoms with E-state index in [-0.39, 0.29) is 17.9 Å². The van der Waals surface area contributed by atoms with Crippen molar-refractivity contribution >= 4 is 5.91 Å². The van der Waals surface area contributed by atoms with Crippen LogP contribution in [0, 0.1) is 6.92 Å². The Morgan fingerprint density at radius 2 is 1.89 bits per heavy atom. The van der Waals surface area contributed by atoms with E-state index in [4.69, 9.17) is 0 Å². The van der Waals surface area contributed by atoms with Crippen molar-refractivity contribution in [3.8, 4) is 0 Å². The predicted octanol–water partition coefficient (Wildman–Crippen LogP) is 1.52. The Bertz CT molecular complexity index is 422. The number of aryl methyl sites for hydroxylation is 1. The number of H-pyrrole nitrogens is 1. The van der Waals surface area contributed by atoms with E-state index in [1.807, 2.05) is 27.7 Å². The van der Waals surface area contributed by atoms with Crippen LogP contribution in [0.4, 0.5) is 0 Å². The van der Waals surface area contributed by atoms with Gasteiger partial charge in [0.25, 0.3) is 5.56 Å². The lowest BCUT2D eigenvalue weighted by molar-refractivity contribution is -0.130. The van der Waals surface area contributed by atoms with Crippen LogP contribution in [0.1, 0.15) is 39.1 Å². The fourth-order valence-corrected chi connectivity index (χ4v) is 1.49. The van der Waals surface area contributed by atoms with Crippen LogP contribution in [0.25, 0.3) is 0 Å². The summed E-state index contributed by atoms with van der Waals surface area (Å²) in [6.07, 6.45) is 1.58. The van der Waals surface area contributed by atoms with Crippen LogP contribution in [-0.4, -0.2) is 33.9 Å². The molecule has 0 spiro atoms. The molecule has 5 heteroatoms. The van der Waals surface area contributed by atoms with Gasteiger partial charge >= 0.3 is 0 Å². The van der Waals surface area contributed by atoms with Crippen LogP contribution in [0.15, 0.2) is 11.0 Å². The number of carbonyl (C=O) groups excluding carboxylic acids is 1. The molecule has 1 heterocycles. The molecule has 0 aliphatic carbocycles. The molecule has 18 heavy (non-hydrogen) atoms. The van der Waals surface area contributed by atoms with Crippen molar-refractivity contribution in [2.75, 3.05) is 13.1 Å². The molecule has 0 saturated heterocycles. The summed E-state index contributed by atoms with van der Waals surface area (Å²) in [5.74, 6) is 0.519. The summed E-state index contributed by atoms with van der Waals surface area (Å²) in [6.45, 7) is 10.9. The summed E-state index contributed by atoms with van der Waals surface area (Å²) in [6, 6.07) is 0. The van der Waals surface area contributed by atoms with Crippen LogP contribution in [-0.2, 0) is 11.2 Å². The normalized spacial score (nSPS) is 9.39. The minimum atomic E-state index is -0.229. The molecule has 0 atom stereocenters. The lowest BCUT2D eigenvalue weighted by Gasteiger charge is -2.18. The van der Waals surface area contributed by atoms with Gasteiger partial charge < -0.3 is 9.88 Å². The fourth-order valence-electron chi connectivity index (χ4n) is 1.49. The molecule has 0 unspecified atom stereocenters. The smallest absolute Gasteiger partial charge is 0.254 e. The molecule has 102 valence electrons. The summed E-state index contributed by atoms with van der Waals surface area (Å²) >= 11 is 0. The van der Waals surface area contributed by atoms with Crippen molar-refractivity contribution < 1.29 is 4.79 Å². The number of hydrogen-bond donors (Lipinski definition) is 1. The second-order valence-electron chi connectivity index (χ2n) is 3.57. The van der Waals surface area contributed by atoms with Crippen molar-refractivity contribution in [1.29, 1.82) is 0 Å². The van der Waals surface area contributed by atoms with E-state index in [0.29, 0.717) is 24.5 Å². The minimum Gasteiger partial charge on any atom is -0.343 e. The molecule has 5 nitrogen and oxygen atoms in total. The first kappa shape index (κ1) is 16.4. The van der Waals surface area contributed by atoms with Crippen LogP contribution < -0.4 is 5.56 Å². The van der Waals surface area contributed by atoms with Gasteiger partial charge in [0.2, 0.25) is 5.91 Å². The number of aromatic amines is 1. The third-order valence-electron chi connectivity index (χ3n) is 2.46. The van der Waals surface area contributed by atoms with Gasteiger partial charge in [-0.25, -0.2) is 4.98 Å². The minimum absolute atomic E-state index is 0.0406. The summed E-state index contributed by atoms with van der Waals surface area (Å²) in [5, 5.41) is 0. The molecule has 0 fully saturated rings. The monoisotopic (exact) mass is 253 g/mol. The molecule has 1 N–H and O–H groups in total. The molecule has 1 aromatic rings. The van der Waals surface area contributed by atoms with Crippen LogP contribution in [0.3, 0.4) is 0 Å². The topological polar surface area (TPSA) is 66.1 Å². The molecular weight excluding hydrogens is 230 g/mol. The van der Waals surface area contributed by atoms with Crippen LogP contribution in [0.5, 0.6) is 0 Å². The van der Waals surface area contributed by atoms with Gasteiger partial charge in [0.1, 0.15) is 5.82 Å². The zero-order valence-electron chi connectivity index (χ0n) is 11.9. The van der Waals surface area contributed by atoms with E-state index in [1.54, 1.807) is 11.8 Å². The molecule has 0 radical (unpaired) electrons. The quantitative estimate of drug-likeness (QED) is 0.884. The number of nitrogens with one attached hydrogen (secondary N) is 1. The predicted molar refractivity (Wildman–Crippen MR) is 72.6 cm³/mol. The maximum atomic E-state index is 11.8. The molecule has 1 amide bonds. The number of rotatable bonds is 4. The van der Waals surface area contributed by atoms with E-state index in [0.717, 1.165) is 0 Å². The molecular formula is C13H23N3O2. The first-order valence-electron chi connectivity index (χ1n) is 6.41. The highest BCUT2D eigenvalue weighted by atomic mass is 16.2. The van der Waals surface area contributed by atoms with Crippen molar-refractivity contribution in [2.24, 2.45) is 0 Å². The number of hydrogen-bond acceptors (Lipinski definition) is 3. The van der Waals surface area contributed by atoms with Crippen LogP contribution in [0.2, 0.25) is 0 Å². The number of aromatic nitrogens is 2. The molecule has 0 bridgehead atoms. The molecule has 1 rings (SSSR count). The maximum absolute atomic E-state index is 11.8. The summed E-state index contributed by atoms with van der Waals surface area (Å²) < 4.78 is 0.